The minimum atomic E-state index is -0.889. The second-order valence-corrected chi connectivity index (χ2v) is 17.3. The van der Waals surface area contributed by atoms with E-state index in [0.717, 1.165) is 38.5 Å². The van der Waals surface area contributed by atoms with Crippen LogP contribution in [-0.2, 0) is 14.4 Å². The van der Waals surface area contributed by atoms with Gasteiger partial charge in [-0.1, -0.05) is 69.3 Å². The lowest BCUT2D eigenvalue weighted by Crippen LogP contribution is -2.59. The lowest BCUT2D eigenvalue weighted by molar-refractivity contribution is -0.144. The molecule has 0 spiro atoms. The number of nitrogens with one attached hydrogen (secondary N) is 2. The fraction of sp³-hybridized carbons (Fsp3) is 0.378. The molecule has 0 aliphatic carbocycles. The smallest absolute Gasteiger partial charge is 0.246 e. The number of aryl methyl sites for hydroxylation is 1. The standard InChI is InChI=1S/C45H51N7O5S/c1-27(29-10-12-31(13-11-29)40-28(2)46-26-58-40)48-43(56)38-23-35(53)25-52(38)44(57)41(45(3,4)5)49-42(55)32-18-20-51(21-19-32)34-16-14-30(15-17-34)33-22-37(50-47-24-33)36-8-6-7-9-39(36)54/h6-17,22,24,26-27,32,35,38,41,53-54H,18-21,23,25H2,1-5H3,(H,48,56)(H,49,55)/t27-,35+,38-,41?/m0/s1. The lowest BCUT2D eigenvalue weighted by Gasteiger charge is -2.38. The molecule has 58 heavy (non-hydrogen) atoms. The van der Waals surface area contributed by atoms with E-state index < -0.39 is 23.6 Å². The molecule has 4 heterocycles. The summed E-state index contributed by atoms with van der Waals surface area (Å²) in [7, 11) is 0. The highest BCUT2D eigenvalue weighted by Crippen LogP contribution is 2.33. The van der Waals surface area contributed by atoms with E-state index >= 15 is 0 Å². The van der Waals surface area contributed by atoms with E-state index in [1.54, 1.807) is 35.7 Å². The monoisotopic (exact) mass is 801 g/mol. The molecular formula is C45H51N7O5S. The summed E-state index contributed by atoms with van der Waals surface area (Å²) >= 11 is 1.58. The average Bonchev–Trinajstić information content (AvgIpc) is 3.84. The van der Waals surface area contributed by atoms with Crippen LogP contribution in [0.4, 0.5) is 5.69 Å². The molecule has 0 radical (unpaired) electrons. The highest BCUT2D eigenvalue weighted by atomic mass is 32.1. The summed E-state index contributed by atoms with van der Waals surface area (Å²) in [5, 5.41) is 35.5. The van der Waals surface area contributed by atoms with Gasteiger partial charge in [0.2, 0.25) is 17.7 Å². The number of β-amino-alcohol motifs (C(OH)–C–C–N with tert-alkyl or cyclic N) is 1. The first-order valence-electron chi connectivity index (χ1n) is 19.8. The molecule has 4 N–H and O–H groups in total. The van der Waals surface area contributed by atoms with Gasteiger partial charge in [-0.3, -0.25) is 14.4 Å². The first kappa shape index (κ1) is 40.5. The summed E-state index contributed by atoms with van der Waals surface area (Å²) in [4.78, 5) is 50.9. The lowest BCUT2D eigenvalue weighted by atomic mass is 9.84. The number of aliphatic hydroxyl groups is 1. The number of hydrogen-bond acceptors (Lipinski definition) is 10. The van der Waals surface area contributed by atoms with Gasteiger partial charge in [-0.05, 0) is 79.1 Å². The fourth-order valence-electron chi connectivity index (χ4n) is 7.89. The molecular weight excluding hydrogens is 751 g/mol. The van der Waals surface area contributed by atoms with E-state index in [1.165, 1.54) is 4.90 Å². The Kier molecular flexibility index (Phi) is 11.9. The van der Waals surface area contributed by atoms with Gasteiger partial charge in [0, 0.05) is 48.8 Å². The van der Waals surface area contributed by atoms with Crippen molar-refractivity contribution in [3.05, 3.63) is 102 Å². The molecule has 3 amide bonds. The maximum Gasteiger partial charge on any atom is 0.246 e. The molecule has 5 aromatic rings. The van der Waals surface area contributed by atoms with E-state index in [9.17, 15) is 24.6 Å². The van der Waals surface area contributed by atoms with E-state index in [1.807, 2.05) is 88.7 Å². The molecule has 0 saturated carbocycles. The summed E-state index contributed by atoms with van der Waals surface area (Å²) in [6.07, 6.45) is 2.21. The Bertz CT molecular complexity index is 2250. The number of carbonyl (C=O) groups is 3. The number of nitrogens with zero attached hydrogens (tertiary/aromatic N) is 5. The van der Waals surface area contributed by atoms with Crippen LogP contribution in [-0.4, -0.2) is 85.8 Å². The maximum atomic E-state index is 14.3. The van der Waals surface area contributed by atoms with Gasteiger partial charge in [-0.2, -0.15) is 10.2 Å². The Hall–Kier alpha value is -5.66. The van der Waals surface area contributed by atoms with Gasteiger partial charge in [0.25, 0.3) is 0 Å². The van der Waals surface area contributed by atoms with Crippen molar-refractivity contribution in [2.75, 3.05) is 24.5 Å². The Labute approximate surface area is 343 Å². The Morgan fingerprint density at radius 1 is 0.897 bits per heavy atom. The number of rotatable bonds is 10. The van der Waals surface area contributed by atoms with Crippen LogP contribution in [0.5, 0.6) is 5.75 Å². The number of hydrogen-bond donors (Lipinski definition) is 4. The predicted octanol–water partition coefficient (Wildman–Crippen LogP) is 6.53. The Morgan fingerprint density at radius 2 is 1.59 bits per heavy atom. The van der Waals surface area contributed by atoms with E-state index in [0.29, 0.717) is 37.2 Å². The van der Waals surface area contributed by atoms with E-state index in [-0.39, 0.29) is 48.4 Å². The van der Waals surface area contributed by atoms with Crippen molar-refractivity contribution in [2.45, 2.75) is 78.1 Å². The zero-order chi connectivity index (χ0) is 41.1. The minimum absolute atomic E-state index is 0.0171. The molecule has 302 valence electrons. The molecule has 2 fully saturated rings. The first-order valence-corrected chi connectivity index (χ1v) is 20.7. The minimum Gasteiger partial charge on any atom is -0.507 e. The number of aromatic nitrogens is 3. The second-order valence-electron chi connectivity index (χ2n) is 16.5. The normalized spacial score (nSPS) is 18.4. The van der Waals surface area contributed by atoms with Gasteiger partial charge in [0.15, 0.2) is 0 Å². The van der Waals surface area contributed by atoms with Gasteiger partial charge >= 0.3 is 0 Å². The van der Waals surface area contributed by atoms with Crippen LogP contribution in [0.2, 0.25) is 0 Å². The summed E-state index contributed by atoms with van der Waals surface area (Å²) < 4.78 is 0. The molecule has 4 atom stereocenters. The molecule has 12 nitrogen and oxygen atoms in total. The van der Waals surface area contributed by atoms with Gasteiger partial charge in [0.1, 0.15) is 17.8 Å². The molecule has 0 bridgehead atoms. The topological polar surface area (TPSA) is 161 Å². The SMILES string of the molecule is Cc1ncsc1-c1ccc([C@H](C)NC(=O)[C@@H]2C[C@@H](O)CN2C(=O)C(NC(=O)C2CCN(c3ccc(-c4cnnc(-c5ccccc5O)c4)cc3)CC2)C(C)(C)C)cc1. The van der Waals surface area contributed by atoms with Gasteiger partial charge in [0.05, 0.1) is 40.1 Å². The number of phenolic OH excluding ortho intramolecular Hbond substituents is 1. The average molecular weight is 802 g/mol. The first-order chi connectivity index (χ1) is 27.8. The number of para-hydroxylation sites is 1. The van der Waals surface area contributed by atoms with Gasteiger partial charge in [-0.25, -0.2) is 4.98 Å². The van der Waals surface area contributed by atoms with Crippen LogP contribution in [0.3, 0.4) is 0 Å². The number of aliphatic hydroxyl groups excluding tert-OH is 1. The van der Waals surface area contributed by atoms with Crippen LogP contribution < -0.4 is 15.5 Å². The van der Waals surface area contributed by atoms with Crippen LogP contribution in [0.25, 0.3) is 32.8 Å². The van der Waals surface area contributed by atoms with Crippen molar-refractivity contribution < 1.29 is 24.6 Å². The number of likely N-dealkylation sites (tertiary alicyclic amines) is 1. The summed E-state index contributed by atoms with van der Waals surface area (Å²) in [5.74, 6) is -1.02. The third-order valence-electron chi connectivity index (χ3n) is 11.3. The van der Waals surface area contributed by atoms with Crippen molar-refractivity contribution in [3.63, 3.8) is 0 Å². The molecule has 1 unspecified atom stereocenters. The number of phenols is 1. The largest absolute Gasteiger partial charge is 0.507 e. The molecule has 2 saturated heterocycles. The summed E-state index contributed by atoms with van der Waals surface area (Å²) in [6.45, 7) is 10.9. The van der Waals surface area contributed by atoms with Gasteiger partial charge in [-0.15, -0.1) is 11.3 Å². The molecule has 3 aromatic carbocycles. The van der Waals surface area contributed by atoms with Crippen LogP contribution in [0.1, 0.15) is 64.3 Å². The maximum absolute atomic E-state index is 14.3. The van der Waals surface area contributed by atoms with Crippen molar-refractivity contribution >= 4 is 34.7 Å². The van der Waals surface area contributed by atoms with Crippen LogP contribution in [0, 0.1) is 18.3 Å². The zero-order valence-corrected chi connectivity index (χ0v) is 34.4. The van der Waals surface area contributed by atoms with Crippen molar-refractivity contribution in [1.82, 2.24) is 30.7 Å². The Balaban J connectivity index is 0.952. The van der Waals surface area contributed by atoms with Crippen LogP contribution >= 0.6 is 11.3 Å². The van der Waals surface area contributed by atoms with Crippen molar-refractivity contribution in [2.24, 2.45) is 11.3 Å². The summed E-state index contributed by atoms with van der Waals surface area (Å²) in [5.41, 5.74) is 8.22. The molecule has 13 heteroatoms. The third-order valence-corrected chi connectivity index (χ3v) is 12.3. The third kappa shape index (κ3) is 8.90. The number of piperidine rings is 1. The number of thiazole rings is 1. The van der Waals surface area contributed by atoms with E-state index in [2.05, 4.69) is 42.8 Å². The van der Waals surface area contributed by atoms with E-state index in [4.69, 9.17) is 0 Å². The second kappa shape index (κ2) is 17.1. The molecule has 2 aliphatic rings. The predicted molar refractivity (Wildman–Crippen MR) is 226 cm³/mol. The molecule has 2 aliphatic heterocycles. The quantitative estimate of drug-likeness (QED) is 0.123. The highest BCUT2D eigenvalue weighted by Gasteiger charge is 2.45. The highest BCUT2D eigenvalue weighted by molar-refractivity contribution is 7.13. The van der Waals surface area contributed by atoms with Crippen molar-refractivity contribution in [3.8, 4) is 38.6 Å². The van der Waals surface area contributed by atoms with Crippen LogP contribution in [0.15, 0.2) is 90.6 Å². The molecule has 7 rings (SSSR count). The number of aromatic hydroxyl groups is 1. The number of benzene rings is 3. The fourth-order valence-corrected chi connectivity index (χ4v) is 8.70. The number of amides is 3. The Morgan fingerprint density at radius 3 is 2.24 bits per heavy atom. The summed E-state index contributed by atoms with van der Waals surface area (Å²) in [6, 6.07) is 23.0. The zero-order valence-electron chi connectivity index (χ0n) is 33.6. The van der Waals surface area contributed by atoms with Gasteiger partial charge < -0.3 is 30.6 Å². The number of carbonyl (C=O) groups excluding carboxylic acids is 3. The number of anilines is 1. The van der Waals surface area contributed by atoms with Crippen molar-refractivity contribution in [1.29, 1.82) is 0 Å². The molecule has 2 aromatic heterocycles.